The van der Waals surface area contributed by atoms with Gasteiger partial charge < -0.3 is 19.5 Å². The quantitative estimate of drug-likeness (QED) is 0.232. The van der Waals surface area contributed by atoms with Gasteiger partial charge in [-0.1, -0.05) is 61.9 Å². The van der Waals surface area contributed by atoms with Gasteiger partial charge in [0, 0.05) is 23.2 Å². The van der Waals surface area contributed by atoms with Gasteiger partial charge in [0.15, 0.2) is 17.3 Å². The number of ether oxygens (including phenoxy) is 3. The van der Waals surface area contributed by atoms with E-state index in [1.54, 1.807) is 14.2 Å². The van der Waals surface area contributed by atoms with Gasteiger partial charge in [-0.05, 0) is 76.6 Å². The fraction of sp³-hybridized carbons (Fsp3) is 0.286. The van der Waals surface area contributed by atoms with E-state index in [1.165, 1.54) is 16.3 Å². The summed E-state index contributed by atoms with van der Waals surface area (Å²) in [4.78, 5) is 14.1. The summed E-state index contributed by atoms with van der Waals surface area (Å²) >= 11 is 0. The number of nitrogens with one attached hydrogen (secondary N) is 1. The summed E-state index contributed by atoms with van der Waals surface area (Å²) in [6, 6.07) is 26.7. The molecular weight excluding hydrogens is 498 g/mol. The Bertz CT molecular complexity index is 1590. The molecule has 6 rings (SSSR count). The maximum Gasteiger partial charge on any atom is 0.162 e. The number of ketones is 1. The minimum absolute atomic E-state index is 0.104. The number of Topliss-reactive ketones (excluding diaryl/α,β-unsaturated/α-hetero) is 1. The molecule has 1 N–H and O–H groups in total. The van der Waals surface area contributed by atoms with Crippen molar-refractivity contribution in [2.24, 2.45) is 0 Å². The number of methoxy groups -OCH3 is 2. The summed E-state index contributed by atoms with van der Waals surface area (Å²) < 4.78 is 17.0. The highest BCUT2D eigenvalue weighted by atomic mass is 16.5. The first-order chi connectivity index (χ1) is 19.6. The van der Waals surface area contributed by atoms with Crippen LogP contribution in [0.3, 0.4) is 0 Å². The standard InChI is InChI=1S/C35H35NO4/c1-4-5-18-40-26-14-10-22(11-15-26)25-19-28-33-27-9-7-6-8-23(27)12-16-29(33)36-35(34(28)30(37)20-25)24-13-17-31(38-2)32(21-24)39-3/h6-17,21,25,35-36H,4-5,18-20H2,1-3H3/t25-,35+/m0/s1. The minimum Gasteiger partial charge on any atom is -0.494 e. The van der Waals surface area contributed by atoms with Crippen LogP contribution in [0.15, 0.2) is 84.4 Å². The summed E-state index contributed by atoms with van der Waals surface area (Å²) in [6.45, 7) is 2.88. The number of allylic oxidation sites excluding steroid dienone is 1. The SMILES string of the molecule is CCCCOc1ccc([C@@H]2CC(=O)C3=C(C2)c2c(ccc4ccccc24)N[C@@H]3c2ccc(OC)c(OC)c2)cc1. The summed E-state index contributed by atoms with van der Waals surface area (Å²) in [5, 5.41) is 6.05. The number of carbonyl (C=O) groups is 1. The molecule has 0 bridgehead atoms. The lowest BCUT2D eigenvalue weighted by Crippen LogP contribution is -2.29. The van der Waals surface area contributed by atoms with Crippen LogP contribution < -0.4 is 19.5 Å². The van der Waals surface area contributed by atoms with Crippen LogP contribution in [0.2, 0.25) is 0 Å². The van der Waals surface area contributed by atoms with Crippen molar-refractivity contribution in [3.05, 3.63) is 101 Å². The first-order valence-electron chi connectivity index (χ1n) is 14.1. The highest BCUT2D eigenvalue weighted by Crippen LogP contribution is 2.51. The molecule has 4 aromatic rings. The molecule has 0 saturated heterocycles. The van der Waals surface area contributed by atoms with Gasteiger partial charge in [-0.15, -0.1) is 0 Å². The normalized spacial score (nSPS) is 18.1. The maximum atomic E-state index is 14.1. The first-order valence-corrected chi connectivity index (χ1v) is 14.1. The third kappa shape index (κ3) is 4.70. The molecule has 0 amide bonds. The molecule has 0 radical (unpaired) electrons. The predicted molar refractivity (Wildman–Crippen MR) is 161 cm³/mol. The summed E-state index contributed by atoms with van der Waals surface area (Å²) in [5.74, 6) is 2.48. The fourth-order valence-corrected chi connectivity index (χ4v) is 6.14. The Hall–Kier alpha value is -4.25. The van der Waals surface area contributed by atoms with Crippen molar-refractivity contribution in [1.82, 2.24) is 0 Å². The Kier molecular flexibility index (Phi) is 7.21. The zero-order chi connectivity index (χ0) is 27.6. The second-order valence-electron chi connectivity index (χ2n) is 10.6. The number of benzene rings is 4. The van der Waals surface area contributed by atoms with E-state index in [0.29, 0.717) is 17.9 Å². The number of hydrogen-bond acceptors (Lipinski definition) is 5. The van der Waals surface area contributed by atoms with E-state index >= 15 is 0 Å². The molecule has 204 valence electrons. The number of fused-ring (bicyclic) bond motifs is 4. The summed E-state index contributed by atoms with van der Waals surface area (Å²) in [5.41, 5.74) is 6.32. The van der Waals surface area contributed by atoms with Gasteiger partial charge in [0.25, 0.3) is 0 Å². The van der Waals surface area contributed by atoms with Gasteiger partial charge in [-0.3, -0.25) is 4.79 Å². The van der Waals surface area contributed by atoms with Gasteiger partial charge in [-0.25, -0.2) is 0 Å². The smallest absolute Gasteiger partial charge is 0.162 e. The van der Waals surface area contributed by atoms with E-state index in [4.69, 9.17) is 14.2 Å². The fourth-order valence-electron chi connectivity index (χ4n) is 6.14. The number of unbranched alkanes of at least 4 members (excludes halogenated alkanes) is 1. The largest absolute Gasteiger partial charge is 0.494 e. The molecule has 5 heteroatoms. The topological polar surface area (TPSA) is 56.8 Å². The van der Waals surface area contributed by atoms with Crippen LogP contribution in [0.25, 0.3) is 16.3 Å². The number of carbonyl (C=O) groups excluding carboxylic acids is 1. The molecule has 4 aromatic carbocycles. The highest BCUT2D eigenvalue weighted by molar-refractivity contribution is 6.13. The molecular formula is C35H35NO4. The third-order valence-corrected chi connectivity index (χ3v) is 8.19. The van der Waals surface area contributed by atoms with Gasteiger partial charge in [0.05, 0.1) is 26.9 Å². The zero-order valence-corrected chi connectivity index (χ0v) is 23.3. The van der Waals surface area contributed by atoms with Crippen LogP contribution in [0.5, 0.6) is 17.2 Å². The Morgan fingerprint density at radius 3 is 2.40 bits per heavy atom. The van der Waals surface area contributed by atoms with Gasteiger partial charge in [0.2, 0.25) is 0 Å². The molecule has 0 saturated carbocycles. The lowest BCUT2D eigenvalue weighted by Gasteiger charge is -2.37. The van der Waals surface area contributed by atoms with E-state index in [-0.39, 0.29) is 17.7 Å². The number of anilines is 1. The Labute approximate surface area is 235 Å². The van der Waals surface area contributed by atoms with Crippen molar-refractivity contribution < 1.29 is 19.0 Å². The maximum absolute atomic E-state index is 14.1. The van der Waals surface area contributed by atoms with E-state index < -0.39 is 0 Å². The van der Waals surface area contributed by atoms with Crippen molar-refractivity contribution in [3.63, 3.8) is 0 Å². The van der Waals surface area contributed by atoms with E-state index in [9.17, 15) is 4.79 Å². The summed E-state index contributed by atoms with van der Waals surface area (Å²) in [7, 11) is 3.27. The van der Waals surface area contributed by atoms with Crippen LogP contribution >= 0.6 is 0 Å². The Morgan fingerprint density at radius 2 is 1.62 bits per heavy atom. The second-order valence-corrected chi connectivity index (χ2v) is 10.6. The highest BCUT2D eigenvalue weighted by Gasteiger charge is 2.38. The Morgan fingerprint density at radius 1 is 0.850 bits per heavy atom. The molecule has 1 heterocycles. The minimum atomic E-state index is -0.272. The van der Waals surface area contributed by atoms with Gasteiger partial charge >= 0.3 is 0 Å². The van der Waals surface area contributed by atoms with Crippen molar-refractivity contribution in [3.8, 4) is 17.2 Å². The average Bonchev–Trinajstić information content (AvgIpc) is 3.00. The molecule has 2 aliphatic rings. The lowest BCUT2D eigenvalue weighted by molar-refractivity contribution is -0.116. The van der Waals surface area contributed by atoms with Crippen LogP contribution in [0, 0.1) is 0 Å². The molecule has 1 aliphatic heterocycles. The van der Waals surface area contributed by atoms with Crippen LogP contribution in [0.1, 0.15) is 61.3 Å². The van der Waals surface area contributed by atoms with Crippen LogP contribution in [0.4, 0.5) is 5.69 Å². The number of hydrogen-bond donors (Lipinski definition) is 1. The summed E-state index contributed by atoms with van der Waals surface area (Å²) in [6.07, 6.45) is 3.41. The molecule has 0 spiro atoms. The van der Waals surface area contributed by atoms with Gasteiger partial charge in [0.1, 0.15) is 5.75 Å². The average molecular weight is 534 g/mol. The molecule has 2 atom stereocenters. The van der Waals surface area contributed by atoms with Crippen molar-refractivity contribution in [2.75, 3.05) is 26.1 Å². The van der Waals surface area contributed by atoms with E-state index in [0.717, 1.165) is 59.6 Å². The van der Waals surface area contributed by atoms with Crippen molar-refractivity contribution in [1.29, 1.82) is 0 Å². The molecule has 1 aliphatic carbocycles. The van der Waals surface area contributed by atoms with Crippen LogP contribution in [-0.2, 0) is 4.79 Å². The molecule has 0 fully saturated rings. The zero-order valence-electron chi connectivity index (χ0n) is 23.3. The molecule has 5 nitrogen and oxygen atoms in total. The molecule has 0 aromatic heterocycles. The van der Waals surface area contributed by atoms with E-state index in [2.05, 4.69) is 60.8 Å². The second kappa shape index (κ2) is 11.1. The van der Waals surface area contributed by atoms with Crippen molar-refractivity contribution >= 4 is 27.8 Å². The van der Waals surface area contributed by atoms with E-state index in [1.807, 2.05) is 30.3 Å². The van der Waals surface area contributed by atoms with Crippen molar-refractivity contribution in [2.45, 2.75) is 44.6 Å². The monoisotopic (exact) mass is 533 g/mol. The van der Waals surface area contributed by atoms with Crippen LogP contribution in [-0.4, -0.2) is 26.6 Å². The lowest BCUT2D eigenvalue weighted by atomic mass is 9.71. The van der Waals surface area contributed by atoms with Gasteiger partial charge in [-0.2, -0.15) is 0 Å². The number of rotatable bonds is 8. The predicted octanol–water partition coefficient (Wildman–Crippen LogP) is 8.10. The molecule has 40 heavy (non-hydrogen) atoms. The third-order valence-electron chi connectivity index (χ3n) is 8.19. The first kappa shape index (κ1) is 26.0. The Balaban J connectivity index is 1.44. The molecule has 0 unspecified atom stereocenters.